The van der Waals surface area contributed by atoms with Crippen LogP contribution >= 0.6 is 0 Å². The summed E-state index contributed by atoms with van der Waals surface area (Å²) in [6, 6.07) is 4.05. The molecule has 1 aromatic carbocycles. The molecule has 25 heavy (non-hydrogen) atoms. The number of halogens is 3. The number of nitrogens with one attached hydrogen (secondary N) is 1. The molecule has 0 bridgehead atoms. The van der Waals surface area contributed by atoms with Gasteiger partial charge < -0.3 is 9.47 Å². The van der Waals surface area contributed by atoms with E-state index in [1.807, 2.05) is 0 Å². The smallest absolute Gasteiger partial charge is 0.406 e. The third-order valence-electron chi connectivity index (χ3n) is 4.13. The van der Waals surface area contributed by atoms with Gasteiger partial charge in [-0.1, -0.05) is 19.8 Å². The van der Waals surface area contributed by atoms with Gasteiger partial charge in [-0.25, -0.2) is 13.1 Å². The van der Waals surface area contributed by atoms with Crippen LogP contribution in [-0.2, 0) is 14.8 Å². The first-order valence-corrected chi connectivity index (χ1v) is 9.63. The topological polar surface area (TPSA) is 64.6 Å². The normalized spacial score (nSPS) is 21.9. The van der Waals surface area contributed by atoms with Gasteiger partial charge in [0.1, 0.15) is 5.75 Å². The lowest BCUT2D eigenvalue weighted by Crippen LogP contribution is -2.31. The molecule has 1 aliphatic rings. The van der Waals surface area contributed by atoms with Crippen molar-refractivity contribution >= 4 is 10.0 Å². The summed E-state index contributed by atoms with van der Waals surface area (Å²) in [4.78, 5) is -0.131. The average Bonchev–Trinajstić information content (AvgIpc) is 2.52. The Balaban J connectivity index is 1.82. The Bertz CT molecular complexity index is 646. The van der Waals surface area contributed by atoms with Gasteiger partial charge in [0.25, 0.3) is 0 Å². The number of hydrogen-bond donors (Lipinski definition) is 1. The van der Waals surface area contributed by atoms with E-state index in [-0.39, 0.29) is 24.2 Å². The number of sulfonamides is 1. The summed E-state index contributed by atoms with van der Waals surface area (Å²) < 4.78 is 72.3. The van der Waals surface area contributed by atoms with Gasteiger partial charge in [0, 0.05) is 6.54 Å². The summed E-state index contributed by atoms with van der Waals surface area (Å²) in [7, 11) is -3.80. The highest BCUT2D eigenvalue weighted by Gasteiger charge is 2.31. The minimum absolute atomic E-state index is 0.104. The number of rotatable bonds is 7. The molecule has 2 atom stereocenters. The monoisotopic (exact) mass is 381 g/mol. The van der Waals surface area contributed by atoms with Crippen LogP contribution in [0.4, 0.5) is 13.2 Å². The summed E-state index contributed by atoms with van der Waals surface area (Å²) in [6.07, 6.45) is -0.254. The molecule has 0 spiro atoms. The van der Waals surface area contributed by atoms with E-state index in [9.17, 15) is 21.6 Å². The van der Waals surface area contributed by atoms with Crippen LogP contribution in [0.2, 0.25) is 0 Å². The second-order valence-electron chi connectivity index (χ2n) is 6.09. The quantitative estimate of drug-likeness (QED) is 0.735. The Morgan fingerprint density at radius 3 is 2.40 bits per heavy atom. The predicted molar refractivity (Wildman–Crippen MR) is 85.7 cm³/mol. The zero-order chi connectivity index (χ0) is 18.5. The standard InChI is InChI=1S/C16H22F3NO4S/c1-12-4-2-3-5-15(12)23-11-10-20-25(21,22)14-8-6-13(7-9-14)24-16(17,18)19/h6-9,12,15,20H,2-5,10-11H2,1H3. The van der Waals surface area contributed by atoms with E-state index in [4.69, 9.17) is 4.74 Å². The van der Waals surface area contributed by atoms with Crippen molar-refractivity contribution < 1.29 is 31.1 Å². The van der Waals surface area contributed by atoms with Crippen LogP contribution in [0.25, 0.3) is 0 Å². The van der Waals surface area contributed by atoms with Crippen molar-refractivity contribution in [1.82, 2.24) is 4.72 Å². The van der Waals surface area contributed by atoms with Crippen LogP contribution in [0.3, 0.4) is 0 Å². The predicted octanol–water partition coefficient (Wildman–Crippen LogP) is 3.46. The Labute approximate surface area is 145 Å². The molecule has 0 heterocycles. The first kappa shape index (κ1) is 20.0. The molecule has 142 valence electrons. The van der Waals surface area contributed by atoms with Gasteiger partial charge in [-0.3, -0.25) is 0 Å². The number of alkyl halides is 3. The van der Waals surface area contributed by atoms with Crippen molar-refractivity contribution in [3.05, 3.63) is 24.3 Å². The molecule has 0 aromatic heterocycles. The number of benzene rings is 1. The molecule has 1 N–H and O–H groups in total. The maximum atomic E-state index is 12.1. The lowest BCUT2D eigenvalue weighted by atomic mass is 9.88. The molecule has 1 aromatic rings. The van der Waals surface area contributed by atoms with Gasteiger partial charge in [-0.05, 0) is 43.0 Å². The number of hydrogen-bond acceptors (Lipinski definition) is 4. The van der Waals surface area contributed by atoms with E-state index in [2.05, 4.69) is 16.4 Å². The minimum atomic E-state index is -4.81. The fourth-order valence-corrected chi connectivity index (χ4v) is 3.83. The zero-order valence-corrected chi connectivity index (χ0v) is 14.7. The van der Waals surface area contributed by atoms with E-state index >= 15 is 0 Å². The van der Waals surface area contributed by atoms with E-state index in [1.54, 1.807) is 0 Å². The van der Waals surface area contributed by atoms with Crippen molar-refractivity contribution in [1.29, 1.82) is 0 Å². The van der Waals surface area contributed by atoms with Crippen molar-refractivity contribution in [3.8, 4) is 5.75 Å². The van der Waals surface area contributed by atoms with Crippen LogP contribution in [0, 0.1) is 5.92 Å². The van der Waals surface area contributed by atoms with Gasteiger partial charge in [0.15, 0.2) is 0 Å². The van der Waals surface area contributed by atoms with Crippen molar-refractivity contribution in [2.45, 2.75) is 50.0 Å². The third-order valence-corrected chi connectivity index (χ3v) is 5.60. The maximum Gasteiger partial charge on any atom is 0.573 e. The van der Waals surface area contributed by atoms with E-state index in [0.29, 0.717) is 5.92 Å². The maximum absolute atomic E-state index is 12.1. The third kappa shape index (κ3) is 6.48. The summed E-state index contributed by atoms with van der Waals surface area (Å²) in [5, 5.41) is 0. The summed E-state index contributed by atoms with van der Waals surface area (Å²) in [5.41, 5.74) is 0. The molecular weight excluding hydrogens is 359 g/mol. The van der Waals surface area contributed by atoms with Crippen LogP contribution in [0.1, 0.15) is 32.6 Å². The summed E-state index contributed by atoms with van der Waals surface area (Å²) >= 11 is 0. The molecule has 0 amide bonds. The Morgan fingerprint density at radius 2 is 1.80 bits per heavy atom. The largest absolute Gasteiger partial charge is 0.573 e. The van der Waals surface area contributed by atoms with Gasteiger partial charge in [0.2, 0.25) is 10.0 Å². The van der Waals surface area contributed by atoms with E-state index < -0.39 is 22.1 Å². The molecule has 1 saturated carbocycles. The fraction of sp³-hybridized carbons (Fsp3) is 0.625. The molecule has 0 radical (unpaired) electrons. The van der Waals surface area contributed by atoms with Crippen molar-refractivity contribution in [2.75, 3.05) is 13.2 Å². The first-order valence-electron chi connectivity index (χ1n) is 8.14. The van der Waals surface area contributed by atoms with E-state index in [1.165, 1.54) is 6.42 Å². The van der Waals surface area contributed by atoms with Crippen molar-refractivity contribution in [2.24, 2.45) is 5.92 Å². The van der Waals surface area contributed by atoms with Gasteiger partial charge in [-0.2, -0.15) is 0 Å². The Hall–Kier alpha value is -1.32. The average molecular weight is 381 g/mol. The SMILES string of the molecule is CC1CCCCC1OCCNS(=O)(=O)c1ccc(OC(F)(F)F)cc1. The molecule has 0 aliphatic heterocycles. The van der Waals surface area contributed by atoms with Crippen molar-refractivity contribution in [3.63, 3.8) is 0 Å². The summed E-state index contributed by atoms with van der Waals surface area (Å²) in [5.74, 6) is -0.00685. The molecule has 9 heteroatoms. The molecule has 1 aliphatic carbocycles. The molecule has 2 unspecified atom stereocenters. The van der Waals surface area contributed by atoms with Gasteiger partial charge >= 0.3 is 6.36 Å². The molecule has 5 nitrogen and oxygen atoms in total. The van der Waals surface area contributed by atoms with Gasteiger partial charge in [0.05, 0.1) is 17.6 Å². The Morgan fingerprint density at radius 1 is 1.16 bits per heavy atom. The first-order chi connectivity index (χ1) is 11.7. The lowest BCUT2D eigenvalue weighted by Gasteiger charge is -2.28. The molecule has 0 saturated heterocycles. The number of ether oxygens (including phenoxy) is 2. The molecule has 2 rings (SSSR count). The second-order valence-corrected chi connectivity index (χ2v) is 7.85. The van der Waals surface area contributed by atoms with Gasteiger partial charge in [-0.15, -0.1) is 13.2 Å². The Kier molecular flexibility index (Phi) is 6.70. The second kappa shape index (κ2) is 8.37. The lowest BCUT2D eigenvalue weighted by molar-refractivity contribution is -0.274. The molecule has 1 fully saturated rings. The fourth-order valence-electron chi connectivity index (χ4n) is 2.82. The van der Waals surface area contributed by atoms with Crippen LogP contribution < -0.4 is 9.46 Å². The highest BCUT2D eigenvalue weighted by atomic mass is 32.2. The highest BCUT2D eigenvalue weighted by Crippen LogP contribution is 2.26. The zero-order valence-electron chi connectivity index (χ0n) is 13.9. The highest BCUT2D eigenvalue weighted by molar-refractivity contribution is 7.89. The minimum Gasteiger partial charge on any atom is -0.406 e. The van der Waals surface area contributed by atoms with E-state index in [0.717, 1.165) is 43.5 Å². The van der Waals surface area contributed by atoms with Crippen LogP contribution in [0.5, 0.6) is 5.75 Å². The molecular formula is C16H22F3NO4S. The van der Waals surface area contributed by atoms with Crippen LogP contribution in [-0.4, -0.2) is 34.0 Å². The summed E-state index contributed by atoms with van der Waals surface area (Å²) in [6.45, 7) is 2.48. The van der Waals surface area contributed by atoms with Crippen LogP contribution in [0.15, 0.2) is 29.2 Å².